The van der Waals surface area contributed by atoms with Gasteiger partial charge in [-0.3, -0.25) is 0 Å². The lowest BCUT2D eigenvalue weighted by Crippen LogP contribution is -2.36. The summed E-state index contributed by atoms with van der Waals surface area (Å²) in [4.78, 5) is 12.0. The van der Waals surface area contributed by atoms with Crippen molar-refractivity contribution in [2.45, 2.75) is 76.7 Å². The Kier molecular flexibility index (Phi) is 4.61. The predicted molar refractivity (Wildman–Crippen MR) is 103 cm³/mol. The Morgan fingerprint density at radius 3 is 2.64 bits per heavy atom. The lowest BCUT2D eigenvalue weighted by Gasteiger charge is -2.37. The van der Waals surface area contributed by atoms with E-state index in [2.05, 4.69) is 24.1 Å². The first kappa shape index (κ1) is 17.1. The molecule has 138 valence electrons. The third kappa shape index (κ3) is 3.12. The van der Waals surface area contributed by atoms with Crippen molar-refractivity contribution in [3.8, 4) is 0 Å². The number of nitrogens with two attached hydrogens (primary N) is 1. The molecular weight excluding hydrogens is 310 g/mol. The normalized spacial score (nSPS) is 27.6. The highest BCUT2D eigenvalue weighted by Crippen LogP contribution is 2.49. The lowest BCUT2D eigenvalue weighted by molar-refractivity contribution is 0.357. The van der Waals surface area contributed by atoms with Crippen molar-refractivity contribution in [1.82, 2.24) is 15.3 Å². The molecule has 3 aliphatic rings. The van der Waals surface area contributed by atoms with Gasteiger partial charge in [0.1, 0.15) is 5.82 Å². The molecule has 1 saturated carbocycles. The summed E-state index contributed by atoms with van der Waals surface area (Å²) < 4.78 is 0. The largest absolute Gasteiger partial charge is 0.368 e. The van der Waals surface area contributed by atoms with Crippen LogP contribution in [-0.4, -0.2) is 35.6 Å². The zero-order chi connectivity index (χ0) is 17.4. The number of nitrogens with one attached hydrogen (secondary N) is 1. The molecule has 1 aromatic rings. The standard InChI is InChI=1S/C20H33N5/c1-3-25(13-15-11-14(2)22-12-15)18-16-7-6-10-20(8-4-5-9-20)17(16)23-19(21)24-18/h14-15,22H,3-13H2,1-2H3,(H2,21,23,24)/t14-,15?/m1/s1. The maximum Gasteiger partial charge on any atom is 0.222 e. The number of hydrogen-bond donors (Lipinski definition) is 2. The molecule has 2 aliphatic carbocycles. The predicted octanol–water partition coefficient (Wildman–Crippen LogP) is 3.03. The fourth-order valence-corrected chi connectivity index (χ4v) is 5.53. The van der Waals surface area contributed by atoms with Gasteiger partial charge in [-0.05, 0) is 64.8 Å². The minimum Gasteiger partial charge on any atom is -0.368 e. The molecular formula is C20H33N5. The topological polar surface area (TPSA) is 67.1 Å². The van der Waals surface area contributed by atoms with Crippen LogP contribution in [-0.2, 0) is 11.8 Å². The highest BCUT2D eigenvalue weighted by Gasteiger charge is 2.42. The number of nitrogens with zero attached hydrogens (tertiary/aromatic N) is 3. The molecule has 2 fully saturated rings. The molecule has 0 aromatic carbocycles. The molecule has 0 radical (unpaired) electrons. The molecule has 25 heavy (non-hydrogen) atoms. The van der Waals surface area contributed by atoms with E-state index in [1.54, 1.807) is 0 Å². The quantitative estimate of drug-likeness (QED) is 0.879. The molecule has 1 aromatic heterocycles. The minimum absolute atomic E-state index is 0.294. The van der Waals surface area contributed by atoms with Gasteiger partial charge in [0.05, 0.1) is 5.69 Å². The second kappa shape index (κ2) is 6.75. The fraction of sp³-hybridized carbons (Fsp3) is 0.800. The molecule has 2 atom stereocenters. The summed E-state index contributed by atoms with van der Waals surface area (Å²) in [5.41, 5.74) is 9.20. The van der Waals surface area contributed by atoms with Crippen LogP contribution in [0, 0.1) is 5.92 Å². The average molecular weight is 344 g/mol. The second-order valence-electron chi connectivity index (χ2n) is 8.52. The Balaban J connectivity index is 1.68. The molecule has 1 spiro atoms. The van der Waals surface area contributed by atoms with Crippen LogP contribution in [0.25, 0.3) is 0 Å². The number of rotatable bonds is 4. The molecule has 2 heterocycles. The number of anilines is 2. The van der Waals surface area contributed by atoms with Crippen LogP contribution in [0.15, 0.2) is 0 Å². The first-order valence-electron chi connectivity index (χ1n) is 10.3. The molecule has 5 nitrogen and oxygen atoms in total. The van der Waals surface area contributed by atoms with Gasteiger partial charge in [0, 0.05) is 30.1 Å². The molecule has 0 bridgehead atoms. The van der Waals surface area contributed by atoms with E-state index < -0.39 is 0 Å². The van der Waals surface area contributed by atoms with Crippen LogP contribution >= 0.6 is 0 Å². The van der Waals surface area contributed by atoms with E-state index in [1.165, 1.54) is 56.2 Å². The first-order chi connectivity index (χ1) is 12.1. The van der Waals surface area contributed by atoms with E-state index in [-0.39, 0.29) is 0 Å². The maximum absolute atomic E-state index is 6.20. The summed E-state index contributed by atoms with van der Waals surface area (Å²) in [6.45, 7) is 7.70. The van der Waals surface area contributed by atoms with Crippen molar-refractivity contribution in [2.75, 3.05) is 30.3 Å². The van der Waals surface area contributed by atoms with Gasteiger partial charge in [0.2, 0.25) is 5.95 Å². The van der Waals surface area contributed by atoms with Gasteiger partial charge in [-0.2, -0.15) is 4.98 Å². The van der Waals surface area contributed by atoms with Crippen LogP contribution in [0.3, 0.4) is 0 Å². The number of fused-ring (bicyclic) bond motifs is 2. The number of aromatic nitrogens is 2. The highest BCUT2D eigenvalue weighted by molar-refractivity contribution is 5.55. The fourth-order valence-electron chi connectivity index (χ4n) is 5.53. The monoisotopic (exact) mass is 343 g/mol. The maximum atomic E-state index is 6.20. The van der Waals surface area contributed by atoms with Crippen LogP contribution in [0.5, 0.6) is 0 Å². The molecule has 4 rings (SSSR count). The van der Waals surface area contributed by atoms with Gasteiger partial charge in [-0.1, -0.05) is 12.8 Å². The lowest BCUT2D eigenvalue weighted by atomic mass is 9.71. The van der Waals surface area contributed by atoms with Crippen molar-refractivity contribution in [1.29, 1.82) is 0 Å². The van der Waals surface area contributed by atoms with E-state index in [4.69, 9.17) is 15.7 Å². The third-order valence-corrected chi connectivity index (χ3v) is 6.75. The minimum atomic E-state index is 0.294. The summed E-state index contributed by atoms with van der Waals surface area (Å²) in [5, 5.41) is 3.58. The van der Waals surface area contributed by atoms with Gasteiger partial charge in [0.25, 0.3) is 0 Å². The van der Waals surface area contributed by atoms with Gasteiger partial charge in [0.15, 0.2) is 0 Å². The van der Waals surface area contributed by atoms with Crippen molar-refractivity contribution < 1.29 is 0 Å². The Labute approximate surface area is 151 Å². The van der Waals surface area contributed by atoms with Gasteiger partial charge in [-0.15, -0.1) is 0 Å². The first-order valence-corrected chi connectivity index (χ1v) is 10.3. The van der Waals surface area contributed by atoms with E-state index in [0.717, 1.165) is 31.9 Å². The van der Waals surface area contributed by atoms with E-state index >= 15 is 0 Å². The SMILES string of the molecule is CCN(CC1CN[C@H](C)C1)c1nc(N)nc2c1CCCC21CCCC1. The van der Waals surface area contributed by atoms with Gasteiger partial charge < -0.3 is 16.0 Å². The molecule has 1 aliphatic heterocycles. The summed E-state index contributed by atoms with van der Waals surface area (Å²) in [6, 6.07) is 0.634. The van der Waals surface area contributed by atoms with Crippen molar-refractivity contribution >= 4 is 11.8 Å². The Morgan fingerprint density at radius 2 is 1.96 bits per heavy atom. The number of nitrogen functional groups attached to an aromatic ring is 1. The second-order valence-corrected chi connectivity index (χ2v) is 8.52. The molecule has 3 N–H and O–H groups in total. The molecule has 5 heteroatoms. The van der Waals surface area contributed by atoms with E-state index in [0.29, 0.717) is 23.3 Å². The molecule has 1 saturated heterocycles. The Hall–Kier alpha value is -1.36. The van der Waals surface area contributed by atoms with Gasteiger partial charge in [-0.25, -0.2) is 4.98 Å². The zero-order valence-corrected chi connectivity index (χ0v) is 15.9. The zero-order valence-electron chi connectivity index (χ0n) is 15.9. The summed E-state index contributed by atoms with van der Waals surface area (Å²) in [7, 11) is 0. The Bertz CT molecular complexity index is 623. The highest BCUT2D eigenvalue weighted by atomic mass is 15.2. The summed E-state index contributed by atoms with van der Waals surface area (Å²) in [5.74, 6) is 2.31. The Morgan fingerprint density at radius 1 is 1.20 bits per heavy atom. The van der Waals surface area contributed by atoms with Gasteiger partial charge >= 0.3 is 0 Å². The van der Waals surface area contributed by atoms with Crippen LogP contribution in [0.2, 0.25) is 0 Å². The van der Waals surface area contributed by atoms with E-state index in [9.17, 15) is 0 Å². The molecule has 0 amide bonds. The summed E-state index contributed by atoms with van der Waals surface area (Å²) >= 11 is 0. The van der Waals surface area contributed by atoms with Crippen LogP contribution in [0.4, 0.5) is 11.8 Å². The average Bonchev–Trinajstić information content (AvgIpc) is 3.23. The summed E-state index contributed by atoms with van der Waals surface area (Å²) in [6.07, 6.45) is 10.2. The van der Waals surface area contributed by atoms with E-state index in [1.807, 2.05) is 0 Å². The number of hydrogen-bond acceptors (Lipinski definition) is 5. The van der Waals surface area contributed by atoms with Crippen LogP contribution < -0.4 is 16.0 Å². The third-order valence-electron chi connectivity index (χ3n) is 6.75. The van der Waals surface area contributed by atoms with Crippen LogP contribution in [0.1, 0.15) is 70.1 Å². The van der Waals surface area contributed by atoms with Crippen molar-refractivity contribution in [3.05, 3.63) is 11.3 Å². The van der Waals surface area contributed by atoms with Crippen molar-refractivity contribution in [2.24, 2.45) is 5.92 Å². The molecule has 1 unspecified atom stereocenters. The van der Waals surface area contributed by atoms with Crippen molar-refractivity contribution in [3.63, 3.8) is 0 Å². The smallest absolute Gasteiger partial charge is 0.222 e.